The van der Waals surface area contributed by atoms with Crippen molar-refractivity contribution in [1.29, 1.82) is 0 Å². The van der Waals surface area contributed by atoms with Crippen LogP contribution in [0.15, 0.2) is 85.3 Å². The molecule has 2 aromatic heterocycles. The van der Waals surface area contributed by atoms with Gasteiger partial charge in [-0.15, -0.1) is 0 Å². The van der Waals surface area contributed by atoms with Crippen molar-refractivity contribution in [3.63, 3.8) is 0 Å². The van der Waals surface area contributed by atoms with E-state index < -0.39 is 0 Å². The van der Waals surface area contributed by atoms with E-state index >= 15 is 0 Å². The van der Waals surface area contributed by atoms with Crippen LogP contribution in [0, 0.1) is 5.92 Å². The fraction of sp³-hybridized carbons (Fsp3) is 0.242. The lowest BCUT2D eigenvalue weighted by Gasteiger charge is -2.30. The molecule has 1 unspecified atom stereocenters. The number of carbonyl (C=O) groups is 1. The fourth-order valence-corrected chi connectivity index (χ4v) is 5.95. The van der Waals surface area contributed by atoms with Gasteiger partial charge < -0.3 is 9.47 Å². The summed E-state index contributed by atoms with van der Waals surface area (Å²) in [6.45, 7) is 3.77. The van der Waals surface area contributed by atoms with Crippen molar-refractivity contribution < 1.29 is 4.79 Å². The number of fused-ring (bicyclic) bond motifs is 1. The normalized spacial score (nSPS) is 14.9. The Balaban J connectivity index is 1.52. The number of piperidine rings is 1. The lowest BCUT2D eigenvalue weighted by Crippen LogP contribution is -2.38. The zero-order valence-corrected chi connectivity index (χ0v) is 24.0. The van der Waals surface area contributed by atoms with Gasteiger partial charge in [0.05, 0.1) is 17.8 Å². The molecule has 1 aliphatic rings. The van der Waals surface area contributed by atoms with Crippen LogP contribution in [-0.2, 0) is 7.05 Å². The van der Waals surface area contributed by atoms with Crippen LogP contribution in [0.4, 0.5) is 0 Å². The zero-order valence-electron chi connectivity index (χ0n) is 22.5. The van der Waals surface area contributed by atoms with Gasteiger partial charge in [0, 0.05) is 47.5 Å². The third-order valence-electron chi connectivity index (χ3n) is 7.94. The SMILES string of the molecule is CC1CCN(C(=O)c2cc(-c3cccc(Cl)c3)c3cc(C(c4ccc(Cl)cc4)c4cncn4C)ccc3n2)CC1. The van der Waals surface area contributed by atoms with Crippen molar-refractivity contribution in [1.82, 2.24) is 19.4 Å². The zero-order chi connectivity index (χ0) is 27.8. The maximum atomic E-state index is 13.6. The lowest BCUT2D eigenvalue weighted by atomic mass is 9.87. The highest BCUT2D eigenvalue weighted by molar-refractivity contribution is 6.31. The van der Waals surface area contributed by atoms with Crippen molar-refractivity contribution in [2.24, 2.45) is 13.0 Å². The van der Waals surface area contributed by atoms with Gasteiger partial charge in [0.2, 0.25) is 0 Å². The molecule has 0 saturated carbocycles. The summed E-state index contributed by atoms with van der Waals surface area (Å²) in [4.78, 5) is 24.8. The first-order valence-corrected chi connectivity index (χ1v) is 14.3. The van der Waals surface area contributed by atoms with Gasteiger partial charge in [-0.05, 0) is 83.5 Å². The monoisotopic (exact) mass is 568 g/mol. The summed E-state index contributed by atoms with van der Waals surface area (Å²) in [5.74, 6) is 0.551. The number of imidazole rings is 1. The van der Waals surface area contributed by atoms with Crippen molar-refractivity contribution in [2.75, 3.05) is 13.1 Å². The molecular formula is C33H30Cl2N4O. The van der Waals surface area contributed by atoms with Crippen LogP contribution in [0.5, 0.6) is 0 Å². The minimum absolute atomic E-state index is 0.0184. The van der Waals surface area contributed by atoms with Gasteiger partial charge in [0.1, 0.15) is 5.69 Å². The third kappa shape index (κ3) is 5.24. The van der Waals surface area contributed by atoms with E-state index in [0.29, 0.717) is 21.7 Å². The lowest BCUT2D eigenvalue weighted by molar-refractivity contribution is 0.0691. The first kappa shape index (κ1) is 26.5. The quantitative estimate of drug-likeness (QED) is 0.216. The summed E-state index contributed by atoms with van der Waals surface area (Å²) in [7, 11) is 2.00. The molecule has 3 aromatic carbocycles. The number of nitrogens with zero attached hydrogens (tertiary/aromatic N) is 4. The van der Waals surface area contributed by atoms with Crippen molar-refractivity contribution >= 4 is 40.0 Å². The van der Waals surface area contributed by atoms with Crippen molar-refractivity contribution in [3.8, 4) is 11.1 Å². The Morgan fingerprint density at radius 1 is 0.925 bits per heavy atom. The molecule has 0 bridgehead atoms. The highest BCUT2D eigenvalue weighted by Gasteiger charge is 2.25. The van der Waals surface area contributed by atoms with Crippen LogP contribution >= 0.6 is 23.2 Å². The summed E-state index contributed by atoms with van der Waals surface area (Å²) in [6, 6.07) is 23.9. The largest absolute Gasteiger partial charge is 0.337 e. The number of benzene rings is 3. The van der Waals surface area contributed by atoms with Crippen LogP contribution in [0.3, 0.4) is 0 Å². The number of aryl methyl sites for hydroxylation is 1. The summed E-state index contributed by atoms with van der Waals surface area (Å²) >= 11 is 12.7. The Hall–Kier alpha value is -3.67. The summed E-state index contributed by atoms with van der Waals surface area (Å²) in [5, 5.41) is 2.30. The average molecular weight is 570 g/mol. The Bertz CT molecular complexity index is 1690. The van der Waals surface area contributed by atoms with Crippen LogP contribution in [0.2, 0.25) is 10.0 Å². The number of halogens is 2. The summed E-state index contributed by atoms with van der Waals surface area (Å²) in [6.07, 6.45) is 5.76. The van der Waals surface area contributed by atoms with Gasteiger partial charge in [0.25, 0.3) is 5.91 Å². The molecule has 5 aromatic rings. The fourth-order valence-electron chi connectivity index (χ4n) is 5.64. The maximum absolute atomic E-state index is 13.6. The van der Waals surface area contributed by atoms with E-state index in [1.807, 2.05) is 77.6 Å². The maximum Gasteiger partial charge on any atom is 0.272 e. The number of likely N-dealkylation sites (tertiary alicyclic amines) is 1. The van der Waals surface area contributed by atoms with E-state index in [1.54, 1.807) is 0 Å². The molecule has 5 nitrogen and oxygen atoms in total. The molecule has 1 saturated heterocycles. The van der Waals surface area contributed by atoms with Gasteiger partial charge in [-0.1, -0.05) is 60.5 Å². The van der Waals surface area contributed by atoms with E-state index in [0.717, 1.165) is 64.8 Å². The van der Waals surface area contributed by atoms with Gasteiger partial charge >= 0.3 is 0 Å². The number of hydrogen-bond donors (Lipinski definition) is 0. The van der Waals surface area contributed by atoms with Gasteiger partial charge in [-0.3, -0.25) is 4.79 Å². The molecule has 1 aliphatic heterocycles. The van der Waals surface area contributed by atoms with Gasteiger partial charge in [-0.25, -0.2) is 9.97 Å². The van der Waals surface area contributed by atoms with Crippen molar-refractivity contribution in [2.45, 2.75) is 25.7 Å². The minimum atomic E-state index is -0.0713. The molecule has 0 aliphatic carbocycles. The molecule has 0 N–H and O–H groups in total. The predicted octanol–water partition coefficient (Wildman–Crippen LogP) is 7.99. The van der Waals surface area contributed by atoms with Crippen LogP contribution < -0.4 is 0 Å². The van der Waals surface area contributed by atoms with Crippen LogP contribution in [0.25, 0.3) is 22.0 Å². The Labute approximate surface area is 244 Å². The number of pyridine rings is 1. The van der Waals surface area contributed by atoms with Gasteiger partial charge in [-0.2, -0.15) is 0 Å². The number of hydrogen-bond acceptors (Lipinski definition) is 3. The molecule has 6 rings (SSSR count). The number of rotatable bonds is 5. The van der Waals surface area contributed by atoms with E-state index in [9.17, 15) is 4.79 Å². The third-order valence-corrected chi connectivity index (χ3v) is 8.43. The van der Waals surface area contributed by atoms with Gasteiger partial charge in [0.15, 0.2) is 0 Å². The smallest absolute Gasteiger partial charge is 0.272 e. The Kier molecular flexibility index (Phi) is 7.35. The summed E-state index contributed by atoms with van der Waals surface area (Å²) < 4.78 is 2.04. The van der Waals surface area contributed by atoms with E-state index in [-0.39, 0.29) is 11.8 Å². The molecule has 0 spiro atoms. The second kappa shape index (κ2) is 11.1. The van der Waals surface area contributed by atoms with Crippen molar-refractivity contribution in [3.05, 3.63) is 118 Å². The molecule has 3 heterocycles. The Morgan fingerprint density at radius 2 is 1.68 bits per heavy atom. The minimum Gasteiger partial charge on any atom is -0.337 e. The molecule has 1 atom stereocenters. The van der Waals surface area contributed by atoms with E-state index in [1.165, 1.54) is 0 Å². The molecule has 7 heteroatoms. The molecule has 0 radical (unpaired) electrons. The summed E-state index contributed by atoms with van der Waals surface area (Å²) in [5.41, 5.74) is 6.37. The predicted molar refractivity (Wildman–Crippen MR) is 162 cm³/mol. The topological polar surface area (TPSA) is 51.0 Å². The standard InChI is InChI=1S/C33H30Cl2N4O/c1-21-12-14-39(15-13-21)33(40)30-18-27(23-4-3-5-26(35)16-23)28-17-24(8-11-29(28)37-30)32(31-19-36-20-38(31)2)22-6-9-25(34)10-7-22/h3-11,16-21,32H,12-15H2,1-2H3. The first-order chi connectivity index (χ1) is 19.4. The molecule has 1 fully saturated rings. The number of aromatic nitrogens is 3. The number of carbonyl (C=O) groups excluding carboxylic acids is 1. The molecule has 40 heavy (non-hydrogen) atoms. The second-order valence-corrected chi connectivity index (χ2v) is 11.6. The highest BCUT2D eigenvalue weighted by Crippen LogP contribution is 2.37. The van der Waals surface area contributed by atoms with E-state index in [4.69, 9.17) is 28.2 Å². The molecular weight excluding hydrogens is 539 g/mol. The Morgan fingerprint density at radius 3 is 2.38 bits per heavy atom. The average Bonchev–Trinajstić information content (AvgIpc) is 3.38. The highest BCUT2D eigenvalue weighted by atomic mass is 35.5. The van der Waals surface area contributed by atoms with Crippen LogP contribution in [0.1, 0.15) is 53.0 Å². The second-order valence-electron chi connectivity index (χ2n) is 10.7. The molecule has 1 amide bonds. The van der Waals surface area contributed by atoms with E-state index in [2.05, 4.69) is 36.2 Å². The number of amides is 1. The first-order valence-electron chi connectivity index (χ1n) is 13.6. The molecule has 202 valence electrons. The van der Waals surface area contributed by atoms with Crippen LogP contribution in [-0.4, -0.2) is 38.4 Å².